The predicted molar refractivity (Wildman–Crippen MR) is 106 cm³/mol. The van der Waals surface area contributed by atoms with E-state index in [0.717, 1.165) is 25.2 Å². The van der Waals surface area contributed by atoms with E-state index in [-0.39, 0.29) is 30.7 Å². The monoisotopic (exact) mass is 391 g/mol. The van der Waals surface area contributed by atoms with Gasteiger partial charge in [-0.2, -0.15) is 0 Å². The fraction of sp³-hybridized carbons (Fsp3) is 0.611. The third kappa shape index (κ3) is 6.76. The average Bonchev–Trinajstić information content (AvgIpc) is 2.59. The number of rotatable bonds is 7. The van der Waals surface area contributed by atoms with Crippen LogP contribution in [-0.4, -0.2) is 42.6 Å². The number of nitrogens with one attached hydrogen (secondary N) is 1. The maximum Gasteiger partial charge on any atom is 0.240 e. The second kappa shape index (κ2) is 11.7. The Balaban J connectivity index is 0.00000288. The van der Waals surface area contributed by atoms with E-state index >= 15 is 0 Å². The SMILES string of the molecule is CCN(CC)Cc1ccccc1CNC(=O)C1(N)CCOCC1.Cl.Cl. The minimum atomic E-state index is -0.786. The van der Waals surface area contributed by atoms with Crippen LogP contribution in [0.15, 0.2) is 24.3 Å². The summed E-state index contributed by atoms with van der Waals surface area (Å²) in [4.78, 5) is 14.8. The summed E-state index contributed by atoms with van der Waals surface area (Å²) in [5.74, 6) is -0.0709. The Labute approximate surface area is 163 Å². The molecule has 144 valence electrons. The van der Waals surface area contributed by atoms with Crippen LogP contribution in [0.25, 0.3) is 0 Å². The quantitative estimate of drug-likeness (QED) is 0.748. The maximum atomic E-state index is 12.4. The largest absolute Gasteiger partial charge is 0.381 e. The lowest BCUT2D eigenvalue weighted by Crippen LogP contribution is -2.56. The lowest BCUT2D eigenvalue weighted by Gasteiger charge is -2.32. The molecule has 1 heterocycles. The van der Waals surface area contributed by atoms with Gasteiger partial charge in [0.25, 0.3) is 0 Å². The molecule has 1 aromatic carbocycles. The van der Waals surface area contributed by atoms with Crippen molar-refractivity contribution in [3.8, 4) is 0 Å². The van der Waals surface area contributed by atoms with Crippen LogP contribution < -0.4 is 11.1 Å². The average molecular weight is 392 g/mol. The third-order valence-corrected chi connectivity index (χ3v) is 4.68. The third-order valence-electron chi connectivity index (χ3n) is 4.68. The minimum absolute atomic E-state index is 0. The number of amides is 1. The molecule has 1 amide bonds. The van der Waals surface area contributed by atoms with Crippen LogP contribution >= 0.6 is 24.8 Å². The Bertz CT molecular complexity index is 519. The summed E-state index contributed by atoms with van der Waals surface area (Å²) in [6.45, 7) is 8.91. The maximum absolute atomic E-state index is 12.4. The molecule has 1 fully saturated rings. The number of hydrogen-bond donors (Lipinski definition) is 2. The van der Waals surface area contributed by atoms with Crippen molar-refractivity contribution >= 4 is 30.7 Å². The van der Waals surface area contributed by atoms with Crippen LogP contribution in [0.3, 0.4) is 0 Å². The lowest BCUT2D eigenvalue weighted by atomic mass is 9.90. The zero-order valence-corrected chi connectivity index (χ0v) is 16.8. The van der Waals surface area contributed by atoms with E-state index in [1.165, 1.54) is 5.56 Å². The number of nitrogens with two attached hydrogens (primary N) is 1. The van der Waals surface area contributed by atoms with Crippen molar-refractivity contribution in [2.24, 2.45) is 5.73 Å². The molecule has 3 N–H and O–H groups in total. The first-order valence-electron chi connectivity index (χ1n) is 8.53. The van der Waals surface area contributed by atoms with Gasteiger partial charge in [0.1, 0.15) is 0 Å². The number of benzene rings is 1. The van der Waals surface area contributed by atoms with Crippen LogP contribution in [0.5, 0.6) is 0 Å². The summed E-state index contributed by atoms with van der Waals surface area (Å²) < 4.78 is 5.30. The zero-order valence-electron chi connectivity index (χ0n) is 15.1. The van der Waals surface area contributed by atoms with Gasteiger partial charge in [-0.05, 0) is 37.1 Å². The van der Waals surface area contributed by atoms with E-state index in [9.17, 15) is 4.79 Å². The number of hydrogen-bond acceptors (Lipinski definition) is 4. The molecule has 25 heavy (non-hydrogen) atoms. The Morgan fingerprint density at radius 3 is 2.28 bits per heavy atom. The van der Waals surface area contributed by atoms with E-state index in [1.54, 1.807) is 0 Å². The van der Waals surface area contributed by atoms with Gasteiger partial charge in [0.05, 0.1) is 5.54 Å². The molecule has 0 aromatic heterocycles. The fourth-order valence-corrected chi connectivity index (χ4v) is 2.89. The van der Waals surface area contributed by atoms with E-state index in [0.29, 0.717) is 32.6 Å². The predicted octanol–water partition coefficient (Wildman–Crippen LogP) is 2.50. The van der Waals surface area contributed by atoms with Crippen molar-refractivity contribution in [3.05, 3.63) is 35.4 Å². The summed E-state index contributed by atoms with van der Waals surface area (Å²) >= 11 is 0. The topological polar surface area (TPSA) is 67.6 Å². The molecule has 1 aliphatic heterocycles. The van der Waals surface area contributed by atoms with Gasteiger partial charge >= 0.3 is 0 Å². The summed E-state index contributed by atoms with van der Waals surface area (Å²) in [6.07, 6.45) is 1.17. The highest BCUT2D eigenvalue weighted by molar-refractivity contribution is 5.86. The van der Waals surface area contributed by atoms with Crippen LogP contribution in [0.1, 0.15) is 37.8 Å². The highest BCUT2D eigenvalue weighted by Crippen LogP contribution is 2.18. The number of halogens is 2. The van der Waals surface area contributed by atoms with E-state index in [4.69, 9.17) is 10.5 Å². The second-order valence-corrected chi connectivity index (χ2v) is 6.18. The highest BCUT2D eigenvalue weighted by Gasteiger charge is 2.35. The smallest absolute Gasteiger partial charge is 0.240 e. The Hall–Kier alpha value is -0.850. The van der Waals surface area contributed by atoms with Gasteiger partial charge in [-0.3, -0.25) is 9.69 Å². The van der Waals surface area contributed by atoms with Gasteiger partial charge in [-0.25, -0.2) is 0 Å². The van der Waals surface area contributed by atoms with Gasteiger partial charge in [0, 0.05) is 26.3 Å². The molecule has 0 atom stereocenters. The Kier molecular flexibility index (Phi) is 11.3. The van der Waals surface area contributed by atoms with Gasteiger partial charge in [-0.15, -0.1) is 24.8 Å². The molecule has 1 aromatic rings. The molecule has 0 saturated carbocycles. The minimum Gasteiger partial charge on any atom is -0.381 e. The number of ether oxygens (including phenoxy) is 1. The molecular weight excluding hydrogens is 361 g/mol. The molecule has 7 heteroatoms. The van der Waals surface area contributed by atoms with Crippen LogP contribution in [0.4, 0.5) is 0 Å². The van der Waals surface area contributed by atoms with Crippen molar-refractivity contribution < 1.29 is 9.53 Å². The second-order valence-electron chi connectivity index (χ2n) is 6.18. The normalized spacial score (nSPS) is 15.8. The Morgan fingerprint density at radius 2 is 1.72 bits per heavy atom. The zero-order chi connectivity index (χ0) is 16.7. The van der Waals surface area contributed by atoms with E-state index < -0.39 is 5.54 Å². The summed E-state index contributed by atoms with van der Waals surface area (Å²) in [7, 11) is 0. The number of carbonyl (C=O) groups is 1. The summed E-state index contributed by atoms with van der Waals surface area (Å²) in [6, 6.07) is 8.27. The summed E-state index contributed by atoms with van der Waals surface area (Å²) in [5, 5.41) is 3.02. The van der Waals surface area contributed by atoms with E-state index in [1.807, 2.05) is 12.1 Å². The van der Waals surface area contributed by atoms with Crippen LogP contribution in [0.2, 0.25) is 0 Å². The molecule has 0 spiro atoms. The van der Waals surface area contributed by atoms with Crippen LogP contribution in [0, 0.1) is 0 Å². The molecular formula is C18H31Cl2N3O2. The first kappa shape index (κ1) is 24.1. The molecule has 2 rings (SSSR count). The highest BCUT2D eigenvalue weighted by atomic mass is 35.5. The van der Waals surface area contributed by atoms with Crippen molar-refractivity contribution in [2.75, 3.05) is 26.3 Å². The van der Waals surface area contributed by atoms with E-state index in [2.05, 4.69) is 36.2 Å². The first-order chi connectivity index (χ1) is 11.1. The van der Waals surface area contributed by atoms with Gasteiger partial charge in [0.15, 0.2) is 0 Å². The van der Waals surface area contributed by atoms with Gasteiger partial charge < -0.3 is 15.8 Å². The standard InChI is InChI=1S/C18H29N3O2.2ClH/c1-3-21(4-2)14-16-8-6-5-7-15(16)13-20-17(22)18(19)9-11-23-12-10-18;;/h5-8H,3-4,9-14,19H2,1-2H3,(H,20,22);2*1H. The van der Waals surface area contributed by atoms with Gasteiger partial charge in [0.2, 0.25) is 5.91 Å². The molecule has 0 bridgehead atoms. The van der Waals surface area contributed by atoms with Crippen molar-refractivity contribution in [2.45, 2.75) is 45.3 Å². The Morgan fingerprint density at radius 1 is 1.16 bits per heavy atom. The summed E-state index contributed by atoms with van der Waals surface area (Å²) in [5.41, 5.74) is 7.86. The lowest BCUT2D eigenvalue weighted by molar-refractivity contribution is -0.129. The molecule has 1 saturated heterocycles. The molecule has 0 unspecified atom stereocenters. The molecule has 0 aliphatic carbocycles. The van der Waals surface area contributed by atoms with Gasteiger partial charge in [-0.1, -0.05) is 38.1 Å². The van der Waals surface area contributed by atoms with Crippen molar-refractivity contribution in [3.63, 3.8) is 0 Å². The molecule has 5 nitrogen and oxygen atoms in total. The first-order valence-corrected chi connectivity index (χ1v) is 8.53. The molecule has 1 aliphatic rings. The van der Waals surface area contributed by atoms with Crippen molar-refractivity contribution in [1.29, 1.82) is 0 Å². The van der Waals surface area contributed by atoms with Crippen molar-refractivity contribution in [1.82, 2.24) is 10.2 Å². The molecule has 0 radical (unpaired) electrons. The number of nitrogens with zero attached hydrogens (tertiary/aromatic N) is 1. The van der Waals surface area contributed by atoms with Crippen LogP contribution in [-0.2, 0) is 22.6 Å². The fourth-order valence-electron chi connectivity index (χ4n) is 2.89. The number of carbonyl (C=O) groups excluding carboxylic acids is 1.